The molecule has 124 valence electrons. The number of benzene rings is 2. The van der Waals surface area contributed by atoms with Crippen molar-refractivity contribution in [2.75, 3.05) is 0 Å². The number of fused-ring (bicyclic) bond motifs is 1. The van der Waals surface area contributed by atoms with Gasteiger partial charge >= 0.3 is 0 Å². The van der Waals surface area contributed by atoms with Crippen molar-refractivity contribution >= 4 is 21.4 Å². The number of aryl methyl sites for hydroxylation is 4. The maximum atomic E-state index is 7.93. The lowest BCUT2D eigenvalue weighted by molar-refractivity contribution is 1.33. The van der Waals surface area contributed by atoms with Crippen LogP contribution in [0.2, 0.25) is 0 Å². The van der Waals surface area contributed by atoms with Gasteiger partial charge in [-0.3, -0.25) is 4.98 Å². The van der Waals surface area contributed by atoms with E-state index in [9.17, 15) is 0 Å². The van der Waals surface area contributed by atoms with Gasteiger partial charge in [-0.2, -0.15) is 0 Å². The van der Waals surface area contributed by atoms with E-state index in [4.69, 9.17) is 8.22 Å². The Balaban J connectivity index is 1.92. The molecule has 0 aliphatic carbocycles. The van der Waals surface area contributed by atoms with Gasteiger partial charge in [0.15, 0.2) is 0 Å². The molecule has 2 heteroatoms. The third-order valence-corrected chi connectivity index (χ3v) is 5.35. The maximum absolute atomic E-state index is 7.93. The molecule has 2 aromatic heterocycles. The molecular weight excluding hydrogens is 322 g/mol. The molecule has 0 saturated heterocycles. The molecule has 1 nitrogen and oxygen atoms in total. The quantitative estimate of drug-likeness (QED) is 0.385. The van der Waals surface area contributed by atoms with Crippen LogP contribution in [0.25, 0.3) is 31.8 Å². The van der Waals surface area contributed by atoms with Gasteiger partial charge in [0.25, 0.3) is 0 Å². The lowest BCUT2D eigenvalue weighted by Crippen LogP contribution is -1.85. The lowest BCUT2D eigenvalue weighted by atomic mass is 10.0. The molecule has 2 heterocycles. The summed E-state index contributed by atoms with van der Waals surface area (Å²) in [6.45, 7) is -0.759. The molecule has 0 aliphatic rings. The average Bonchev–Trinajstić information content (AvgIpc) is 3.08. The van der Waals surface area contributed by atoms with Crippen LogP contribution in [0.1, 0.15) is 30.5 Å². The molecule has 25 heavy (non-hydrogen) atoms. The predicted octanol–water partition coefficient (Wildman–Crippen LogP) is 6.86. The molecule has 0 fully saturated rings. The van der Waals surface area contributed by atoms with Crippen molar-refractivity contribution < 1.29 is 8.22 Å². The van der Waals surface area contributed by atoms with Crippen LogP contribution in [-0.4, -0.2) is 4.98 Å². The third-order valence-electron chi connectivity index (χ3n) is 4.23. The molecule has 4 rings (SSSR count). The van der Waals surface area contributed by atoms with E-state index in [1.165, 1.54) is 29.5 Å². The Morgan fingerprint density at radius 1 is 0.920 bits per heavy atom. The zero-order valence-electron chi connectivity index (χ0n) is 20.1. The normalized spacial score (nSPS) is 15.8. The van der Waals surface area contributed by atoms with Crippen LogP contribution in [-0.2, 0) is 0 Å². The number of pyridine rings is 1. The highest BCUT2D eigenvalue weighted by atomic mass is 32.1. The monoisotopic (exact) mass is 349 g/mol. The topological polar surface area (TPSA) is 12.9 Å². The Labute approximate surface area is 161 Å². The fourth-order valence-corrected chi connectivity index (χ4v) is 4.30. The molecule has 0 N–H and O–H groups in total. The van der Waals surface area contributed by atoms with Gasteiger partial charge in [-0.15, -0.1) is 11.3 Å². The van der Waals surface area contributed by atoms with Crippen molar-refractivity contribution in [1.82, 2.24) is 4.98 Å². The molecule has 4 aromatic rings. The first kappa shape index (κ1) is 10.5. The van der Waals surface area contributed by atoms with E-state index < -0.39 is 13.7 Å². The first-order chi connectivity index (χ1) is 14.4. The highest BCUT2D eigenvalue weighted by Gasteiger charge is 2.11. The number of hydrogen-bond donors (Lipinski definition) is 0. The molecule has 2 aromatic carbocycles. The van der Waals surface area contributed by atoms with E-state index in [0.717, 1.165) is 32.5 Å². The summed E-state index contributed by atoms with van der Waals surface area (Å²) in [5, 5.41) is 0.852. The predicted molar refractivity (Wildman–Crippen MR) is 109 cm³/mol. The molecule has 0 aliphatic heterocycles. The van der Waals surface area contributed by atoms with E-state index in [0.29, 0.717) is 4.88 Å². The van der Waals surface area contributed by atoms with Gasteiger partial charge in [0, 0.05) is 34.9 Å². The molecule has 0 radical (unpaired) electrons. The number of aromatic nitrogens is 1. The number of hydrogen-bond acceptors (Lipinski definition) is 2. The second-order valence-corrected chi connectivity index (χ2v) is 7.41. The number of nitrogens with zero attached hydrogens (tertiary/aromatic N) is 1. The summed E-state index contributed by atoms with van der Waals surface area (Å²) >= 11 is 1.39. The number of rotatable bonds is 2. The van der Waals surface area contributed by atoms with Crippen molar-refractivity contribution in [3.63, 3.8) is 0 Å². The second kappa shape index (κ2) is 6.12. The highest BCUT2D eigenvalue weighted by Crippen LogP contribution is 2.38. The molecule has 0 atom stereocenters. The Kier molecular flexibility index (Phi) is 2.58. The zero-order valence-corrected chi connectivity index (χ0v) is 14.9. The summed E-state index contributed by atoms with van der Waals surface area (Å²) in [6, 6.07) is 14.5. The van der Waals surface area contributed by atoms with E-state index in [2.05, 4.69) is 23.2 Å². The third kappa shape index (κ3) is 2.98. The number of thiophene rings is 1. The Morgan fingerprint density at radius 2 is 1.64 bits per heavy atom. The van der Waals surface area contributed by atoms with Crippen molar-refractivity contribution in [3.05, 3.63) is 77.0 Å². The highest BCUT2D eigenvalue weighted by molar-refractivity contribution is 7.22. The Bertz CT molecular complexity index is 1230. The SMILES string of the molecule is [2H]C([2H])([2H])c1cccc(C([2H])([2H])[2H])c1-c1cc2cnc(-c3cc(C)cc(C)c3)cc2s1. The van der Waals surface area contributed by atoms with Gasteiger partial charge in [-0.1, -0.05) is 35.4 Å². The van der Waals surface area contributed by atoms with Crippen molar-refractivity contribution in [2.24, 2.45) is 0 Å². The minimum Gasteiger partial charge on any atom is -0.256 e. The van der Waals surface area contributed by atoms with Gasteiger partial charge in [0.05, 0.1) is 5.69 Å². The zero-order chi connectivity index (χ0) is 22.6. The fraction of sp³-hybridized carbons (Fsp3) is 0.174. The minimum atomic E-state index is -2.42. The van der Waals surface area contributed by atoms with Crippen LogP contribution >= 0.6 is 11.3 Å². The van der Waals surface area contributed by atoms with Crippen LogP contribution in [0.5, 0.6) is 0 Å². The van der Waals surface area contributed by atoms with Crippen LogP contribution < -0.4 is 0 Å². The standard InChI is InChI=1S/C23H21NS/c1-14-8-15(2)10-18(9-14)20-12-21-19(13-24-20)11-22(25-21)23-16(3)6-5-7-17(23)4/h5-13H,1-4H3/i3D3,4D3. The van der Waals surface area contributed by atoms with Gasteiger partial charge in [-0.25, -0.2) is 0 Å². The maximum Gasteiger partial charge on any atom is 0.0716 e. The minimum absolute atomic E-state index is 0.0511. The van der Waals surface area contributed by atoms with E-state index in [-0.39, 0.29) is 16.7 Å². The molecule has 0 bridgehead atoms. The van der Waals surface area contributed by atoms with E-state index in [1.807, 2.05) is 26.0 Å². The molecule has 0 amide bonds. The molecule has 0 unspecified atom stereocenters. The second-order valence-electron chi connectivity index (χ2n) is 6.32. The summed E-state index contributed by atoms with van der Waals surface area (Å²) in [5.74, 6) is 0. The van der Waals surface area contributed by atoms with Crippen molar-refractivity contribution in [1.29, 1.82) is 0 Å². The Hall–Kier alpha value is -2.45. The van der Waals surface area contributed by atoms with Crippen molar-refractivity contribution in [2.45, 2.75) is 27.6 Å². The first-order valence-electron chi connectivity index (χ1n) is 11.1. The smallest absolute Gasteiger partial charge is 0.0716 e. The van der Waals surface area contributed by atoms with Gasteiger partial charge < -0.3 is 0 Å². The van der Waals surface area contributed by atoms with Crippen molar-refractivity contribution in [3.8, 4) is 21.7 Å². The summed E-state index contributed by atoms with van der Waals surface area (Å²) in [7, 11) is 0. The Morgan fingerprint density at radius 3 is 2.32 bits per heavy atom. The van der Waals surface area contributed by atoms with Crippen LogP contribution in [0, 0.1) is 27.6 Å². The summed E-state index contributed by atoms with van der Waals surface area (Å²) in [4.78, 5) is 5.21. The first-order valence-corrected chi connectivity index (χ1v) is 8.88. The summed E-state index contributed by atoms with van der Waals surface area (Å²) < 4.78 is 48.5. The van der Waals surface area contributed by atoms with E-state index >= 15 is 0 Å². The molecule has 0 spiro atoms. The van der Waals surface area contributed by atoms with Crippen LogP contribution in [0.4, 0.5) is 0 Å². The fourth-order valence-electron chi connectivity index (χ4n) is 3.15. The average molecular weight is 350 g/mol. The lowest BCUT2D eigenvalue weighted by Gasteiger charge is -2.06. The van der Waals surface area contributed by atoms with Crippen LogP contribution in [0.15, 0.2) is 54.7 Å². The largest absolute Gasteiger partial charge is 0.256 e. The molecule has 0 saturated carbocycles. The van der Waals surface area contributed by atoms with E-state index in [1.54, 1.807) is 6.20 Å². The van der Waals surface area contributed by atoms with Gasteiger partial charge in [0.1, 0.15) is 0 Å². The molecular formula is C23H21NS. The van der Waals surface area contributed by atoms with Crippen LogP contribution in [0.3, 0.4) is 0 Å². The summed E-state index contributed by atoms with van der Waals surface area (Å²) in [6.07, 6.45) is 1.76. The van der Waals surface area contributed by atoms with Gasteiger partial charge in [0.2, 0.25) is 0 Å². The summed E-state index contributed by atoms with van der Waals surface area (Å²) in [5.41, 5.74) is 4.52. The van der Waals surface area contributed by atoms with Gasteiger partial charge in [-0.05, 0) is 68.5 Å².